The summed E-state index contributed by atoms with van der Waals surface area (Å²) in [6.45, 7) is 2.55. The van der Waals surface area contributed by atoms with Gasteiger partial charge in [-0.3, -0.25) is 14.9 Å². The molecule has 0 aliphatic carbocycles. The van der Waals surface area contributed by atoms with Gasteiger partial charge in [0.25, 0.3) is 11.6 Å². The van der Waals surface area contributed by atoms with Gasteiger partial charge in [0, 0.05) is 12.6 Å². The Hall–Kier alpha value is -2.35. The van der Waals surface area contributed by atoms with Crippen molar-refractivity contribution < 1.29 is 9.72 Å². The molecule has 1 rings (SSSR count). The van der Waals surface area contributed by atoms with Crippen molar-refractivity contribution in [3.63, 3.8) is 0 Å². The molecule has 5 nitrogen and oxygen atoms in total. The van der Waals surface area contributed by atoms with E-state index in [9.17, 15) is 14.9 Å². The highest BCUT2D eigenvalue weighted by atomic mass is 16.6. The number of hydrogen-bond acceptors (Lipinski definition) is 3. The Labute approximate surface area is 106 Å². The van der Waals surface area contributed by atoms with Crippen molar-refractivity contribution in [1.82, 2.24) is 4.90 Å². The van der Waals surface area contributed by atoms with Crippen LogP contribution in [0.25, 0.3) is 0 Å². The Kier molecular flexibility index (Phi) is 4.88. The molecular weight excluding hydrogens is 232 g/mol. The van der Waals surface area contributed by atoms with Crippen LogP contribution in [0.3, 0.4) is 0 Å². The average Bonchev–Trinajstić information content (AvgIpc) is 2.37. The summed E-state index contributed by atoms with van der Waals surface area (Å²) in [5.74, 6) is 1.99. The Morgan fingerprint density at radius 1 is 1.50 bits per heavy atom. The maximum Gasteiger partial charge on any atom is 0.282 e. The lowest BCUT2D eigenvalue weighted by atomic mass is 10.1. The molecular formula is C13H14N2O3. The van der Waals surface area contributed by atoms with Crippen molar-refractivity contribution in [3.8, 4) is 12.3 Å². The molecule has 0 aliphatic heterocycles. The maximum absolute atomic E-state index is 12.2. The summed E-state index contributed by atoms with van der Waals surface area (Å²) in [5, 5.41) is 10.9. The first-order valence-electron chi connectivity index (χ1n) is 5.58. The van der Waals surface area contributed by atoms with Crippen LogP contribution in [0.5, 0.6) is 0 Å². The highest BCUT2D eigenvalue weighted by Crippen LogP contribution is 2.19. The predicted octanol–water partition coefficient (Wildman–Crippen LogP) is 2.08. The van der Waals surface area contributed by atoms with Crippen molar-refractivity contribution >= 4 is 11.6 Å². The van der Waals surface area contributed by atoms with E-state index in [0.29, 0.717) is 6.54 Å². The quantitative estimate of drug-likeness (QED) is 0.454. The van der Waals surface area contributed by atoms with Crippen LogP contribution in [0, 0.1) is 22.5 Å². The third-order valence-electron chi connectivity index (χ3n) is 2.39. The lowest BCUT2D eigenvalue weighted by molar-refractivity contribution is -0.385. The number of rotatable bonds is 5. The summed E-state index contributed by atoms with van der Waals surface area (Å²) in [5.41, 5.74) is -0.119. The largest absolute Gasteiger partial charge is 0.327 e. The van der Waals surface area contributed by atoms with Crippen molar-refractivity contribution in [1.29, 1.82) is 0 Å². The Balaban J connectivity index is 3.09. The smallest absolute Gasteiger partial charge is 0.282 e. The number of benzene rings is 1. The van der Waals surface area contributed by atoms with Crippen LogP contribution in [-0.2, 0) is 0 Å². The van der Waals surface area contributed by atoms with Gasteiger partial charge in [-0.05, 0) is 12.5 Å². The first-order valence-corrected chi connectivity index (χ1v) is 5.58. The molecule has 0 atom stereocenters. The summed E-state index contributed by atoms with van der Waals surface area (Å²) in [7, 11) is 0. The molecule has 0 aliphatic rings. The van der Waals surface area contributed by atoms with Gasteiger partial charge in [0.05, 0.1) is 11.5 Å². The summed E-state index contributed by atoms with van der Waals surface area (Å²) >= 11 is 0. The van der Waals surface area contributed by atoms with Crippen LogP contribution in [0.1, 0.15) is 23.7 Å². The van der Waals surface area contributed by atoms with Crippen LogP contribution >= 0.6 is 0 Å². The molecule has 94 valence electrons. The van der Waals surface area contributed by atoms with E-state index in [4.69, 9.17) is 6.42 Å². The van der Waals surface area contributed by atoms with E-state index in [1.54, 1.807) is 6.07 Å². The second-order valence-electron chi connectivity index (χ2n) is 3.71. The van der Waals surface area contributed by atoms with Gasteiger partial charge >= 0.3 is 0 Å². The normalized spacial score (nSPS) is 9.56. The van der Waals surface area contributed by atoms with E-state index in [1.807, 2.05) is 6.92 Å². The number of carbonyl (C=O) groups is 1. The van der Waals surface area contributed by atoms with Gasteiger partial charge in [0.1, 0.15) is 5.56 Å². The van der Waals surface area contributed by atoms with Gasteiger partial charge < -0.3 is 4.90 Å². The Morgan fingerprint density at radius 3 is 2.72 bits per heavy atom. The van der Waals surface area contributed by atoms with Crippen LogP contribution in [0.15, 0.2) is 24.3 Å². The number of carbonyl (C=O) groups excluding carboxylic acids is 1. The van der Waals surface area contributed by atoms with E-state index < -0.39 is 10.8 Å². The Morgan fingerprint density at radius 2 is 2.17 bits per heavy atom. The second-order valence-corrected chi connectivity index (χ2v) is 3.71. The third-order valence-corrected chi connectivity index (χ3v) is 2.39. The van der Waals surface area contributed by atoms with E-state index in [0.717, 1.165) is 6.42 Å². The predicted molar refractivity (Wildman–Crippen MR) is 68.1 cm³/mol. The molecule has 0 spiro atoms. The molecule has 0 saturated heterocycles. The third kappa shape index (κ3) is 3.08. The Bertz CT molecular complexity index is 491. The first kappa shape index (κ1) is 13.7. The summed E-state index contributed by atoms with van der Waals surface area (Å²) in [6, 6.07) is 5.88. The first-order chi connectivity index (χ1) is 8.61. The molecule has 0 aromatic heterocycles. The monoisotopic (exact) mass is 246 g/mol. The van der Waals surface area contributed by atoms with Crippen molar-refractivity contribution in [2.45, 2.75) is 13.3 Å². The standard InChI is InChI=1S/C13H14N2O3/c1-3-9-14(10-4-2)13(16)11-7-5-6-8-12(11)15(17)18/h1,5-8H,4,9-10H2,2H3. The number of nitro groups is 1. The fourth-order valence-electron chi connectivity index (χ4n) is 1.62. The number of hydrogen-bond donors (Lipinski definition) is 0. The number of amides is 1. The van der Waals surface area contributed by atoms with E-state index in [1.165, 1.54) is 23.1 Å². The van der Waals surface area contributed by atoms with Crippen molar-refractivity contribution in [2.75, 3.05) is 13.1 Å². The second kappa shape index (κ2) is 6.40. The van der Waals surface area contributed by atoms with Crippen LogP contribution < -0.4 is 0 Å². The topological polar surface area (TPSA) is 63.5 Å². The molecule has 1 amide bonds. The van der Waals surface area contributed by atoms with Crippen LogP contribution in [0.2, 0.25) is 0 Å². The molecule has 0 heterocycles. The molecule has 1 aromatic carbocycles. The minimum absolute atomic E-state index is 0.0752. The van der Waals surface area contributed by atoms with Crippen LogP contribution in [-0.4, -0.2) is 28.8 Å². The van der Waals surface area contributed by atoms with Gasteiger partial charge in [-0.2, -0.15) is 0 Å². The zero-order valence-electron chi connectivity index (χ0n) is 10.1. The highest BCUT2D eigenvalue weighted by Gasteiger charge is 2.23. The minimum Gasteiger partial charge on any atom is -0.327 e. The molecule has 0 N–H and O–H groups in total. The van der Waals surface area contributed by atoms with Gasteiger partial charge in [-0.1, -0.05) is 25.0 Å². The van der Waals surface area contributed by atoms with Gasteiger partial charge in [-0.25, -0.2) is 0 Å². The molecule has 0 fully saturated rings. The van der Waals surface area contributed by atoms with E-state index in [2.05, 4.69) is 5.92 Å². The van der Waals surface area contributed by atoms with Gasteiger partial charge in [-0.15, -0.1) is 6.42 Å². The average molecular weight is 246 g/mol. The number of terminal acetylenes is 1. The highest BCUT2D eigenvalue weighted by molar-refractivity contribution is 5.98. The zero-order valence-corrected chi connectivity index (χ0v) is 10.1. The lowest BCUT2D eigenvalue weighted by Gasteiger charge is -2.19. The van der Waals surface area contributed by atoms with Crippen molar-refractivity contribution in [3.05, 3.63) is 39.9 Å². The molecule has 18 heavy (non-hydrogen) atoms. The number of nitrogens with zero attached hydrogens (tertiary/aromatic N) is 2. The summed E-state index contributed by atoms with van der Waals surface area (Å²) < 4.78 is 0. The molecule has 0 radical (unpaired) electrons. The summed E-state index contributed by atoms with van der Waals surface area (Å²) in [6.07, 6.45) is 5.94. The van der Waals surface area contributed by atoms with E-state index in [-0.39, 0.29) is 17.8 Å². The maximum atomic E-state index is 12.2. The van der Waals surface area contributed by atoms with Crippen molar-refractivity contribution in [2.24, 2.45) is 0 Å². The lowest BCUT2D eigenvalue weighted by Crippen LogP contribution is -2.32. The fraction of sp³-hybridized carbons (Fsp3) is 0.308. The SMILES string of the molecule is C#CCN(CCC)C(=O)c1ccccc1[N+](=O)[O-]. The molecule has 0 bridgehead atoms. The van der Waals surface area contributed by atoms with Gasteiger partial charge in [0.15, 0.2) is 0 Å². The molecule has 0 unspecified atom stereocenters. The summed E-state index contributed by atoms with van der Waals surface area (Å²) in [4.78, 5) is 23.9. The molecule has 0 saturated carbocycles. The fourth-order valence-corrected chi connectivity index (χ4v) is 1.62. The zero-order chi connectivity index (χ0) is 13.5. The van der Waals surface area contributed by atoms with Gasteiger partial charge in [0.2, 0.25) is 0 Å². The molecule has 1 aromatic rings. The number of nitro benzene ring substituents is 1. The number of para-hydroxylation sites is 1. The molecule has 5 heteroatoms. The van der Waals surface area contributed by atoms with E-state index >= 15 is 0 Å². The van der Waals surface area contributed by atoms with Crippen LogP contribution in [0.4, 0.5) is 5.69 Å². The minimum atomic E-state index is -0.562.